The number of carbonyl (C=O) groups is 4. The Morgan fingerprint density at radius 2 is 1.95 bits per heavy atom. The minimum Gasteiger partial charge on any atom is -0.495 e. The van der Waals surface area contributed by atoms with E-state index in [1.807, 2.05) is 26.2 Å². The van der Waals surface area contributed by atoms with Crippen LogP contribution in [-0.2, 0) is 39.8 Å². The molecule has 55 heavy (non-hydrogen) atoms. The number of fused-ring (bicyclic) bond motifs is 5. The number of methoxy groups -OCH3 is 2. The number of hydrogen-bond acceptors (Lipinski definition) is 12. The van der Waals surface area contributed by atoms with Gasteiger partial charge in [-0.2, -0.15) is 0 Å². The second-order valence-electron chi connectivity index (χ2n) is 15.4. The Labute approximate surface area is 337 Å². The minimum absolute atomic E-state index is 0.0478. The van der Waals surface area contributed by atoms with Gasteiger partial charge in [-0.05, 0) is 71.4 Å². The van der Waals surface area contributed by atoms with Gasteiger partial charge in [-0.25, -0.2) is 9.59 Å². The molecule has 16 heteroatoms. The molecule has 2 saturated heterocycles. The van der Waals surface area contributed by atoms with Crippen LogP contribution in [-0.4, -0.2) is 115 Å². The fourth-order valence-electron chi connectivity index (χ4n) is 7.07. The lowest BCUT2D eigenvalue weighted by molar-refractivity contribution is -0.162. The first-order valence-corrected chi connectivity index (χ1v) is 21.2. The van der Waals surface area contributed by atoms with Crippen molar-refractivity contribution in [2.45, 2.75) is 120 Å². The van der Waals surface area contributed by atoms with Crippen LogP contribution in [0, 0.1) is 5.92 Å². The normalized spacial score (nSPS) is 30.8. The maximum Gasteiger partial charge on any atom is 0.409 e. The quantitative estimate of drug-likeness (QED) is 0.160. The largest absolute Gasteiger partial charge is 0.495 e. The smallest absolute Gasteiger partial charge is 0.409 e. The summed E-state index contributed by atoms with van der Waals surface area (Å²) >= 11 is 6.78. The topological polar surface area (TPSA) is 156 Å². The summed E-state index contributed by atoms with van der Waals surface area (Å²) in [4.78, 5) is 56.9. The molecule has 3 aliphatic heterocycles. The highest BCUT2D eigenvalue weighted by molar-refractivity contribution is 8.76. The Morgan fingerprint density at radius 1 is 1.25 bits per heavy atom. The number of nitrogens with one attached hydrogen (secondary N) is 1. The minimum atomic E-state index is -1.83. The number of allylic oxidation sites excluding steroid dienone is 3. The van der Waals surface area contributed by atoms with E-state index < -0.39 is 65.7 Å². The third kappa shape index (κ3) is 10.5. The first kappa shape index (κ1) is 44.8. The van der Waals surface area contributed by atoms with Gasteiger partial charge >= 0.3 is 12.1 Å². The van der Waals surface area contributed by atoms with Crippen LogP contribution in [0.3, 0.4) is 0 Å². The summed E-state index contributed by atoms with van der Waals surface area (Å²) in [6, 6.07) is 2.62. The molecule has 0 spiro atoms. The van der Waals surface area contributed by atoms with Crippen LogP contribution in [0.5, 0.6) is 5.75 Å². The van der Waals surface area contributed by atoms with E-state index in [9.17, 15) is 24.3 Å². The Kier molecular flexibility index (Phi) is 14.7. The number of carbonyl (C=O) groups excluding carboxylic acids is 4. The first-order chi connectivity index (χ1) is 25.7. The number of amides is 3. The van der Waals surface area contributed by atoms with E-state index in [2.05, 4.69) is 19.2 Å². The highest BCUT2D eigenvalue weighted by Gasteiger charge is 2.64. The number of nitrogens with zero attached hydrogens (tertiary/aromatic N) is 2. The average Bonchev–Trinajstić information content (AvgIpc) is 3.82. The van der Waals surface area contributed by atoms with Gasteiger partial charge in [0, 0.05) is 44.7 Å². The fraction of sp³-hybridized carbons (Fsp3) is 0.641. The summed E-state index contributed by atoms with van der Waals surface area (Å²) in [6.07, 6.45) is 3.81. The second kappa shape index (κ2) is 18.1. The maximum absolute atomic E-state index is 14.2. The molecule has 3 heterocycles. The van der Waals surface area contributed by atoms with E-state index in [0.717, 1.165) is 11.1 Å². The predicted octanol–water partition coefficient (Wildman–Crippen LogP) is 6.08. The van der Waals surface area contributed by atoms with Gasteiger partial charge in [-0.1, -0.05) is 63.9 Å². The number of benzene rings is 1. The van der Waals surface area contributed by atoms with Gasteiger partial charge in [-0.3, -0.25) is 14.9 Å². The van der Waals surface area contributed by atoms with Crippen molar-refractivity contribution in [1.82, 2.24) is 10.2 Å². The number of halogens is 1. The fourth-order valence-corrected chi connectivity index (χ4v) is 9.62. The van der Waals surface area contributed by atoms with Crippen molar-refractivity contribution < 1.29 is 48.0 Å². The molecule has 306 valence electrons. The Balaban J connectivity index is 1.71. The zero-order chi connectivity index (χ0) is 41.0. The summed E-state index contributed by atoms with van der Waals surface area (Å²) in [7, 11) is 9.39. The summed E-state index contributed by atoms with van der Waals surface area (Å²) in [5, 5.41) is 14.5. The molecule has 4 rings (SSSR count). The number of anilines is 1. The molecule has 2 N–H and O–H groups in total. The highest BCUT2D eigenvalue weighted by atomic mass is 35.5. The lowest BCUT2D eigenvalue weighted by Gasteiger charge is -2.42. The molecule has 2 fully saturated rings. The Bertz CT molecular complexity index is 1680. The molecule has 13 nitrogen and oxygen atoms in total. The number of esters is 1. The van der Waals surface area contributed by atoms with E-state index in [1.165, 1.54) is 24.0 Å². The number of hydrogen-bond donors (Lipinski definition) is 2. The Morgan fingerprint density at radius 3 is 2.58 bits per heavy atom. The van der Waals surface area contributed by atoms with Crippen LogP contribution in [0.4, 0.5) is 10.5 Å². The second-order valence-corrected chi connectivity index (χ2v) is 18.9. The summed E-state index contributed by atoms with van der Waals surface area (Å²) in [5.41, 5.74) is -0.900. The van der Waals surface area contributed by atoms with Crippen molar-refractivity contribution >= 4 is 62.8 Å². The van der Waals surface area contributed by atoms with Crippen molar-refractivity contribution in [2.75, 3.05) is 39.5 Å². The van der Waals surface area contributed by atoms with Gasteiger partial charge in [-0.15, -0.1) is 0 Å². The molecular formula is C39H56ClN3O10S2. The van der Waals surface area contributed by atoms with Gasteiger partial charge in [0.2, 0.25) is 11.8 Å². The number of likely N-dealkylation sites (N-methyl/N-ethyl adjacent to an activating group) is 1. The zero-order valence-electron chi connectivity index (χ0n) is 33.6. The van der Waals surface area contributed by atoms with Crippen LogP contribution in [0.2, 0.25) is 5.02 Å². The molecule has 4 bridgehead atoms. The van der Waals surface area contributed by atoms with E-state index in [1.54, 1.807) is 73.8 Å². The maximum atomic E-state index is 14.2. The van der Waals surface area contributed by atoms with E-state index in [0.29, 0.717) is 24.3 Å². The predicted molar refractivity (Wildman–Crippen MR) is 215 cm³/mol. The summed E-state index contributed by atoms with van der Waals surface area (Å²) < 4.78 is 29.2. The number of alkyl carbamates (subject to hydrolysis) is 1. The molecule has 0 radical (unpaired) electrons. The van der Waals surface area contributed by atoms with Crippen molar-refractivity contribution in [2.24, 2.45) is 5.92 Å². The SMILES string of the molecule is COc1cc2cc(c1Cl)N(C)C(=O)CC(OC(=O)C(C)N(C)C(=O)CCC(C)(C)SSC)C1(C)OC1C(C)C1CC(O)(NC(=O)O1)C(OC)/C=C\C=C(\C)C2. The van der Waals surface area contributed by atoms with Crippen LogP contribution < -0.4 is 15.0 Å². The molecule has 8 atom stereocenters. The molecule has 0 saturated carbocycles. The number of rotatable bonds is 10. The first-order valence-electron chi connectivity index (χ1n) is 18.3. The average molecular weight is 826 g/mol. The van der Waals surface area contributed by atoms with E-state index in [-0.39, 0.29) is 34.9 Å². The van der Waals surface area contributed by atoms with Crippen molar-refractivity contribution in [3.63, 3.8) is 0 Å². The lowest BCUT2D eigenvalue weighted by Crippen LogP contribution is -2.63. The van der Waals surface area contributed by atoms with E-state index >= 15 is 0 Å². The molecule has 0 aromatic heterocycles. The van der Waals surface area contributed by atoms with Gasteiger partial charge < -0.3 is 38.6 Å². The third-order valence-corrected chi connectivity index (χ3v) is 13.8. The molecule has 8 unspecified atom stereocenters. The van der Waals surface area contributed by atoms with Crippen molar-refractivity contribution in [3.8, 4) is 5.75 Å². The van der Waals surface area contributed by atoms with E-state index in [4.69, 9.17) is 35.3 Å². The van der Waals surface area contributed by atoms with Crippen molar-refractivity contribution in [3.05, 3.63) is 46.5 Å². The molecule has 1 aromatic carbocycles. The van der Waals surface area contributed by atoms with Gasteiger partial charge in [0.1, 0.15) is 40.7 Å². The monoisotopic (exact) mass is 825 g/mol. The third-order valence-electron chi connectivity index (χ3n) is 10.8. The highest BCUT2D eigenvalue weighted by Crippen LogP contribution is 2.49. The summed E-state index contributed by atoms with van der Waals surface area (Å²) in [6.45, 7) is 11.2. The van der Waals surface area contributed by atoms with Gasteiger partial charge in [0.15, 0.2) is 5.72 Å². The van der Waals surface area contributed by atoms with Crippen LogP contribution >= 0.6 is 33.2 Å². The van der Waals surface area contributed by atoms with Crippen LogP contribution in [0.1, 0.15) is 72.8 Å². The van der Waals surface area contributed by atoms with Crippen LogP contribution in [0.25, 0.3) is 0 Å². The molecule has 0 aliphatic carbocycles. The molecule has 1 aromatic rings. The van der Waals surface area contributed by atoms with Gasteiger partial charge in [0.25, 0.3) is 0 Å². The standard InChI is InChI=1S/C39H56ClN3O10S2/c1-22-13-12-14-29(50-10)39(48)21-28(51-36(47)41-39)23(2)34-38(6,53-34)30(20-32(45)43(8)26-18-25(17-22)19-27(49-9)33(26)40)52-35(46)24(3)42(7)31(44)15-16-37(4,5)55-54-11/h12-14,18-19,23-24,28-30,34,48H,15-17,20-21H2,1-11H3,(H,41,47)/b14-12-,22-13-. The zero-order valence-corrected chi connectivity index (χ0v) is 36.0. The van der Waals surface area contributed by atoms with Gasteiger partial charge in [0.05, 0.1) is 25.3 Å². The Hall–Kier alpha value is -2.95. The van der Waals surface area contributed by atoms with Crippen molar-refractivity contribution in [1.29, 1.82) is 0 Å². The molecule has 3 aliphatic rings. The molecule has 3 amide bonds. The number of ether oxygens (including phenoxy) is 5. The molecular weight excluding hydrogens is 770 g/mol. The lowest BCUT2D eigenvalue weighted by atomic mass is 9.83. The number of aliphatic hydroxyl groups is 1. The summed E-state index contributed by atoms with van der Waals surface area (Å²) in [5.74, 6) is -1.50. The van der Waals surface area contributed by atoms with Crippen LogP contribution in [0.15, 0.2) is 35.9 Å². The number of epoxide rings is 1.